The molecule has 0 saturated carbocycles. The van der Waals surface area contributed by atoms with Gasteiger partial charge < -0.3 is 16.0 Å². The Hall–Kier alpha value is -2.18. The van der Waals surface area contributed by atoms with Crippen molar-refractivity contribution < 1.29 is 0 Å². The van der Waals surface area contributed by atoms with Gasteiger partial charge in [0.1, 0.15) is 5.82 Å². The van der Waals surface area contributed by atoms with Crippen LogP contribution in [0.25, 0.3) is 0 Å². The van der Waals surface area contributed by atoms with Gasteiger partial charge in [-0.05, 0) is 13.8 Å². The summed E-state index contributed by atoms with van der Waals surface area (Å²) in [5.41, 5.74) is 11.0. The minimum Gasteiger partial charge on any atom is -0.368 e. The van der Waals surface area contributed by atoms with Gasteiger partial charge in [0.05, 0.1) is 6.04 Å². The third-order valence-corrected chi connectivity index (χ3v) is 2.34. The van der Waals surface area contributed by atoms with E-state index in [1.165, 1.54) is 0 Å². The highest BCUT2D eigenvalue weighted by Crippen LogP contribution is 2.16. The van der Waals surface area contributed by atoms with Gasteiger partial charge in [-0.25, -0.2) is 4.98 Å². The average Bonchev–Trinajstić information content (AvgIpc) is 2.62. The van der Waals surface area contributed by atoms with Gasteiger partial charge in [-0.15, -0.1) is 0 Å². The van der Waals surface area contributed by atoms with Crippen molar-refractivity contribution in [2.75, 3.05) is 11.5 Å². The summed E-state index contributed by atoms with van der Waals surface area (Å²) in [7, 11) is 0. The summed E-state index contributed by atoms with van der Waals surface area (Å²) in [5.74, 6) is 1.68. The first kappa shape index (κ1) is 10.3. The van der Waals surface area contributed by atoms with E-state index >= 15 is 0 Å². The Kier molecular flexibility index (Phi) is 2.43. The van der Waals surface area contributed by atoms with E-state index in [2.05, 4.69) is 19.9 Å². The fraction of sp³-hybridized carbons (Fsp3) is 0.333. The van der Waals surface area contributed by atoms with Gasteiger partial charge in [-0.2, -0.15) is 15.0 Å². The average molecular weight is 219 g/mol. The molecule has 7 nitrogen and oxygen atoms in total. The van der Waals surface area contributed by atoms with Crippen LogP contribution in [0.15, 0.2) is 12.4 Å². The molecule has 1 atom stereocenters. The van der Waals surface area contributed by atoms with Gasteiger partial charge in [0.2, 0.25) is 11.9 Å². The first-order chi connectivity index (χ1) is 7.58. The van der Waals surface area contributed by atoms with E-state index in [1.807, 2.05) is 24.6 Å². The summed E-state index contributed by atoms with van der Waals surface area (Å²) < 4.78 is 1.94. The highest BCUT2D eigenvalue weighted by molar-refractivity contribution is 5.26. The summed E-state index contributed by atoms with van der Waals surface area (Å²) in [6.45, 7) is 3.85. The zero-order valence-electron chi connectivity index (χ0n) is 9.12. The van der Waals surface area contributed by atoms with E-state index in [0.717, 1.165) is 5.82 Å². The highest BCUT2D eigenvalue weighted by atomic mass is 15.2. The molecule has 0 radical (unpaired) electrons. The van der Waals surface area contributed by atoms with Crippen LogP contribution in [0.2, 0.25) is 0 Å². The minimum absolute atomic E-state index is 0.0740. The number of anilines is 2. The monoisotopic (exact) mass is 219 g/mol. The number of imidazole rings is 1. The first-order valence-corrected chi connectivity index (χ1v) is 4.84. The molecule has 0 aliphatic carbocycles. The zero-order valence-corrected chi connectivity index (χ0v) is 9.12. The molecule has 7 heteroatoms. The topological polar surface area (TPSA) is 109 Å². The van der Waals surface area contributed by atoms with Crippen LogP contribution in [0.3, 0.4) is 0 Å². The molecule has 2 rings (SSSR count). The van der Waals surface area contributed by atoms with Gasteiger partial charge in [-0.1, -0.05) is 0 Å². The molecule has 0 saturated heterocycles. The lowest BCUT2D eigenvalue weighted by Crippen LogP contribution is -2.14. The van der Waals surface area contributed by atoms with E-state index in [-0.39, 0.29) is 17.9 Å². The van der Waals surface area contributed by atoms with E-state index < -0.39 is 0 Å². The Balaban J connectivity index is 2.41. The SMILES string of the molecule is Cc1nccn1C(C)c1nc(N)nc(N)n1. The second kappa shape index (κ2) is 3.76. The summed E-state index contributed by atoms with van der Waals surface area (Å²) in [5, 5.41) is 0. The van der Waals surface area contributed by atoms with Crippen molar-refractivity contribution in [2.45, 2.75) is 19.9 Å². The summed E-state index contributed by atoms with van der Waals surface area (Å²) >= 11 is 0. The van der Waals surface area contributed by atoms with Crippen molar-refractivity contribution >= 4 is 11.9 Å². The Morgan fingerprint density at radius 1 is 1.19 bits per heavy atom. The van der Waals surface area contributed by atoms with Crippen LogP contribution in [0.5, 0.6) is 0 Å². The van der Waals surface area contributed by atoms with Crippen LogP contribution in [-0.4, -0.2) is 24.5 Å². The van der Waals surface area contributed by atoms with Crippen molar-refractivity contribution in [3.63, 3.8) is 0 Å². The molecule has 2 heterocycles. The standard InChI is InChI=1S/C9H13N7/c1-5(16-4-3-12-6(16)2)7-13-8(10)15-9(11)14-7/h3-5H,1-2H3,(H4,10,11,13,14,15). The zero-order chi connectivity index (χ0) is 11.7. The van der Waals surface area contributed by atoms with Crippen LogP contribution in [-0.2, 0) is 0 Å². The molecule has 2 aromatic rings. The van der Waals surface area contributed by atoms with Crippen molar-refractivity contribution in [2.24, 2.45) is 0 Å². The minimum atomic E-state index is -0.0740. The molecule has 0 spiro atoms. The number of nitrogens with two attached hydrogens (primary N) is 2. The molecule has 84 valence electrons. The molecule has 0 aliphatic rings. The van der Waals surface area contributed by atoms with Crippen molar-refractivity contribution in [3.8, 4) is 0 Å². The molecule has 0 amide bonds. The predicted molar refractivity (Wildman–Crippen MR) is 59.4 cm³/mol. The Labute approximate surface area is 92.6 Å². The Bertz CT molecular complexity index is 484. The maximum absolute atomic E-state index is 5.52. The number of hydrogen-bond donors (Lipinski definition) is 2. The number of hydrogen-bond acceptors (Lipinski definition) is 6. The number of aromatic nitrogens is 5. The molecule has 2 aromatic heterocycles. The lowest BCUT2D eigenvalue weighted by molar-refractivity contribution is 0.582. The third kappa shape index (κ3) is 1.79. The molecular formula is C9H13N7. The van der Waals surface area contributed by atoms with Crippen LogP contribution < -0.4 is 11.5 Å². The van der Waals surface area contributed by atoms with E-state index in [9.17, 15) is 0 Å². The normalized spacial score (nSPS) is 12.6. The molecule has 0 bridgehead atoms. The molecular weight excluding hydrogens is 206 g/mol. The molecule has 0 aromatic carbocycles. The Morgan fingerprint density at radius 3 is 2.31 bits per heavy atom. The van der Waals surface area contributed by atoms with E-state index in [4.69, 9.17) is 11.5 Å². The number of rotatable bonds is 2. The molecule has 0 fully saturated rings. The second-order valence-electron chi connectivity index (χ2n) is 3.47. The molecule has 4 N–H and O–H groups in total. The summed E-state index contributed by atoms with van der Waals surface area (Å²) in [4.78, 5) is 16.0. The Morgan fingerprint density at radius 2 is 1.81 bits per heavy atom. The smallest absolute Gasteiger partial charge is 0.225 e. The fourth-order valence-corrected chi connectivity index (χ4v) is 1.54. The third-order valence-electron chi connectivity index (χ3n) is 2.34. The quantitative estimate of drug-likeness (QED) is 0.744. The maximum atomic E-state index is 5.52. The largest absolute Gasteiger partial charge is 0.368 e. The lowest BCUT2D eigenvalue weighted by atomic mass is 10.3. The highest BCUT2D eigenvalue weighted by Gasteiger charge is 2.14. The fourth-order valence-electron chi connectivity index (χ4n) is 1.54. The van der Waals surface area contributed by atoms with Crippen molar-refractivity contribution in [1.82, 2.24) is 24.5 Å². The summed E-state index contributed by atoms with van der Waals surface area (Å²) in [6.07, 6.45) is 3.58. The van der Waals surface area contributed by atoms with Crippen LogP contribution in [0.4, 0.5) is 11.9 Å². The van der Waals surface area contributed by atoms with Crippen LogP contribution >= 0.6 is 0 Å². The molecule has 0 aliphatic heterocycles. The van der Waals surface area contributed by atoms with Crippen LogP contribution in [0, 0.1) is 6.92 Å². The number of nitrogen functional groups attached to an aromatic ring is 2. The summed E-state index contributed by atoms with van der Waals surface area (Å²) in [6, 6.07) is -0.0740. The molecule has 1 unspecified atom stereocenters. The van der Waals surface area contributed by atoms with Gasteiger partial charge in [0.25, 0.3) is 0 Å². The lowest BCUT2D eigenvalue weighted by Gasteiger charge is -2.13. The predicted octanol–water partition coefficient (Wildman–Crippen LogP) is 0.150. The number of nitrogens with zero attached hydrogens (tertiary/aromatic N) is 5. The van der Waals surface area contributed by atoms with Crippen LogP contribution in [0.1, 0.15) is 24.6 Å². The van der Waals surface area contributed by atoms with Gasteiger partial charge in [-0.3, -0.25) is 0 Å². The molecule has 16 heavy (non-hydrogen) atoms. The van der Waals surface area contributed by atoms with Gasteiger partial charge in [0.15, 0.2) is 5.82 Å². The van der Waals surface area contributed by atoms with E-state index in [1.54, 1.807) is 6.20 Å². The van der Waals surface area contributed by atoms with Crippen molar-refractivity contribution in [3.05, 3.63) is 24.0 Å². The van der Waals surface area contributed by atoms with Gasteiger partial charge in [0, 0.05) is 12.4 Å². The van der Waals surface area contributed by atoms with Gasteiger partial charge >= 0.3 is 0 Å². The number of aryl methyl sites for hydroxylation is 1. The van der Waals surface area contributed by atoms with Crippen molar-refractivity contribution in [1.29, 1.82) is 0 Å². The maximum Gasteiger partial charge on any atom is 0.225 e. The van der Waals surface area contributed by atoms with E-state index in [0.29, 0.717) is 5.82 Å². The second-order valence-corrected chi connectivity index (χ2v) is 3.47. The first-order valence-electron chi connectivity index (χ1n) is 4.84.